The molecule has 0 aliphatic carbocycles. The number of hydrogen-bond acceptors (Lipinski definition) is 8. The monoisotopic (exact) mass is 554 g/mol. The lowest BCUT2D eigenvalue weighted by molar-refractivity contribution is -0.140. The number of likely N-dealkylation sites (tertiary alicyclic amines) is 1. The van der Waals surface area contributed by atoms with Gasteiger partial charge in [-0.05, 0) is 44.2 Å². The van der Waals surface area contributed by atoms with Crippen molar-refractivity contribution in [3.05, 3.63) is 41.7 Å². The van der Waals surface area contributed by atoms with Crippen LogP contribution in [0, 0.1) is 11.8 Å². The molecule has 3 N–H and O–H groups in total. The maximum Gasteiger partial charge on any atom is 0.259 e. The van der Waals surface area contributed by atoms with E-state index in [1.165, 1.54) is 0 Å². The first kappa shape index (κ1) is 30.0. The molecule has 2 fully saturated rings. The second-order valence-corrected chi connectivity index (χ2v) is 13.1. The van der Waals surface area contributed by atoms with E-state index in [0.29, 0.717) is 75.7 Å². The number of furan rings is 1. The highest BCUT2D eigenvalue weighted by molar-refractivity contribution is 5.98. The summed E-state index contributed by atoms with van der Waals surface area (Å²) in [6.45, 7) is 15.4. The van der Waals surface area contributed by atoms with Crippen LogP contribution in [-0.2, 0) is 16.8 Å². The molecule has 0 spiro atoms. The van der Waals surface area contributed by atoms with Crippen LogP contribution < -0.4 is 10.6 Å². The van der Waals surface area contributed by atoms with Gasteiger partial charge in [0.25, 0.3) is 5.91 Å². The minimum absolute atomic E-state index is 0.100. The molecule has 2 saturated heterocycles. The molecule has 0 radical (unpaired) electrons. The zero-order chi connectivity index (χ0) is 29.1. The van der Waals surface area contributed by atoms with Crippen LogP contribution >= 0.6 is 0 Å². The molecule has 4 heterocycles. The average Bonchev–Trinajstić information content (AvgIpc) is 3.43. The molecule has 220 valence electrons. The van der Waals surface area contributed by atoms with Crippen LogP contribution in [0.4, 0.5) is 5.82 Å². The molecule has 0 bridgehead atoms. The highest BCUT2D eigenvalue weighted by Gasteiger charge is 2.38. The van der Waals surface area contributed by atoms with Crippen LogP contribution in [0.1, 0.15) is 82.7 Å². The van der Waals surface area contributed by atoms with Crippen LogP contribution in [0.3, 0.4) is 0 Å². The molecule has 2 aromatic heterocycles. The van der Waals surface area contributed by atoms with Crippen molar-refractivity contribution < 1.29 is 19.1 Å². The van der Waals surface area contributed by atoms with Crippen LogP contribution in [0.5, 0.6) is 0 Å². The number of carbonyl (C=O) groups is 2. The van der Waals surface area contributed by atoms with E-state index in [1.54, 1.807) is 12.5 Å². The molecule has 2 aliphatic rings. The van der Waals surface area contributed by atoms with Gasteiger partial charge in [0.2, 0.25) is 5.91 Å². The number of rotatable bonds is 8. The van der Waals surface area contributed by atoms with Crippen LogP contribution in [0.25, 0.3) is 0 Å². The number of nitrogens with one attached hydrogen (secondary N) is 2. The van der Waals surface area contributed by atoms with Gasteiger partial charge in [0, 0.05) is 50.4 Å². The van der Waals surface area contributed by atoms with E-state index in [9.17, 15) is 14.7 Å². The minimum Gasteiger partial charge on any atom is -0.467 e. The third-order valence-corrected chi connectivity index (χ3v) is 7.79. The van der Waals surface area contributed by atoms with Gasteiger partial charge in [-0.15, -0.1) is 0 Å². The van der Waals surface area contributed by atoms with E-state index < -0.39 is 5.60 Å². The van der Waals surface area contributed by atoms with Gasteiger partial charge in [-0.1, -0.05) is 34.6 Å². The summed E-state index contributed by atoms with van der Waals surface area (Å²) in [5.74, 6) is 1.83. The molecular formula is C30H46N6O4. The van der Waals surface area contributed by atoms with E-state index in [2.05, 4.69) is 29.5 Å². The van der Waals surface area contributed by atoms with Crippen LogP contribution in [0.2, 0.25) is 0 Å². The summed E-state index contributed by atoms with van der Waals surface area (Å²) in [6, 6.07) is 3.55. The first-order chi connectivity index (χ1) is 18.8. The lowest BCUT2D eigenvalue weighted by Crippen LogP contribution is -2.56. The van der Waals surface area contributed by atoms with E-state index >= 15 is 0 Å². The molecule has 10 heteroatoms. The zero-order valence-corrected chi connectivity index (χ0v) is 24.9. The Labute approximate surface area is 237 Å². The molecule has 2 atom stereocenters. The van der Waals surface area contributed by atoms with Crippen molar-refractivity contribution in [1.29, 1.82) is 0 Å². The molecule has 2 aliphatic heterocycles. The first-order valence-corrected chi connectivity index (χ1v) is 14.5. The lowest BCUT2D eigenvalue weighted by Gasteiger charge is -2.41. The number of piperidine rings is 2. The summed E-state index contributed by atoms with van der Waals surface area (Å²) in [5.41, 5.74) is -0.590. The highest BCUT2D eigenvalue weighted by atomic mass is 16.3. The first-order valence-electron chi connectivity index (χ1n) is 14.5. The number of anilines is 1. The Morgan fingerprint density at radius 1 is 1.27 bits per heavy atom. The van der Waals surface area contributed by atoms with Gasteiger partial charge in [0.1, 0.15) is 23.0 Å². The number of aromatic nitrogens is 2. The Morgan fingerprint density at radius 3 is 2.62 bits per heavy atom. The number of hydrogen-bond donors (Lipinski definition) is 3. The molecule has 4 rings (SSSR count). The second-order valence-electron chi connectivity index (χ2n) is 13.1. The van der Waals surface area contributed by atoms with E-state index in [-0.39, 0.29) is 35.1 Å². The molecule has 2 aromatic rings. The summed E-state index contributed by atoms with van der Waals surface area (Å²) in [5, 5.41) is 17.0. The number of carbonyl (C=O) groups excluding carboxylic acids is 2. The topological polar surface area (TPSA) is 124 Å². The summed E-state index contributed by atoms with van der Waals surface area (Å²) < 4.78 is 5.48. The normalized spacial score (nSPS) is 21.4. The Balaban J connectivity index is 1.56. The number of amides is 2. The summed E-state index contributed by atoms with van der Waals surface area (Å²) in [4.78, 5) is 40.8. The van der Waals surface area contributed by atoms with E-state index in [4.69, 9.17) is 9.40 Å². The predicted molar refractivity (Wildman–Crippen MR) is 154 cm³/mol. The zero-order valence-electron chi connectivity index (χ0n) is 24.9. The molecule has 2 unspecified atom stereocenters. The Kier molecular flexibility index (Phi) is 9.19. The van der Waals surface area contributed by atoms with Crippen LogP contribution in [0.15, 0.2) is 29.0 Å². The minimum atomic E-state index is -0.710. The average molecular weight is 555 g/mol. The summed E-state index contributed by atoms with van der Waals surface area (Å²) in [7, 11) is 0. The number of aliphatic hydroxyl groups is 1. The lowest BCUT2D eigenvalue weighted by atomic mass is 9.89. The fraction of sp³-hybridized carbons (Fsp3) is 0.667. The number of nitrogens with zero attached hydrogens (tertiary/aromatic N) is 4. The molecule has 0 saturated carbocycles. The van der Waals surface area contributed by atoms with Gasteiger partial charge in [0.05, 0.1) is 24.3 Å². The van der Waals surface area contributed by atoms with E-state index in [0.717, 1.165) is 5.76 Å². The largest absolute Gasteiger partial charge is 0.467 e. The van der Waals surface area contributed by atoms with Crippen molar-refractivity contribution in [3.8, 4) is 0 Å². The summed E-state index contributed by atoms with van der Waals surface area (Å²) >= 11 is 0. The van der Waals surface area contributed by atoms with Gasteiger partial charge in [0.15, 0.2) is 0 Å². The summed E-state index contributed by atoms with van der Waals surface area (Å²) in [6.07, 6.45) is 5.00. The maximum absolute atomic E-state index is 14.2. The third kappa shape index (κ3) is 7.40. The van der Waals surface area contributed by atoms with Crippen molar-refractivity contribution in [3.63, 3.8) is 0 Å². The van der Waals surface area contributed by atoms with Crippen molar-refractivity contribution in [2.24, 2.45) is 11.8 Å². The molecule has 10 nitrogen and oxygen atoms in total. The Hall–Kier alpha value is -2.98. The Bertz CT molecular complexity index is 1150. The predicted octanol–water partition coefficient (Wildman–Crippen LogP) is 3.43. The van der Waals surface area contributed by atoms with Crippen molar-refractivity contribution in [2.75, 3.05) is 38.0 Å². The van der Waals surface area contributed by atoms with Gasteiger partial charge in [-0.25, -0.2) is 9.97 Å². The van der Waals surface area contributed by atoms with Gasteiger partial charge in [-0.3, -0.25) is 9.59 Å². The maximum atomic E-state index is 14.2. The second kappa shape index (κ2) is 12.3. The van der Waals surface area contributed by atoms with Crippen molar-refractivity contribution in [2.45, 2.75) is 84.4 Å². The smallest absolute Gasteiger partial charge is 0.259 e. The van der Waals surface area contributed by atoms with Gasteiger partial charge >= 0.3 is 0 Å². The fourth-order valence-corrected chi connectivity index (χ4v) is 5.38. The highest BCUT2D eigenvalue weighted by Crippen LogP contribution is 2.28. The van der Waals surface area contributed by atoms with Gasteiger partial charge in [-0.2, -0.15) is 0 Å². The molecule has 40 heavy (non-hydrogen) atoms. The Morgan fingerprint density at radius 2 is 2.00 bits per heavy atom. The van der Waals surface area contributed by atoms with Crippen molar-refractivity contribution >= 4 is 17.6 Å². The van der Waals surface area contributed by atoms with Crippen LogP contribution in [-0.4, -0.2) is 81.1 Å². The molecular weight excluding hydrogens is 508 g/mol. The standard InChI is InChI=1S/C30H46N6O4/c1-20(2)19-36(22-14-21(15-31-16-22)26(37)35-11-9-30(6,39)10-12-35)27(38)24-18-33-28(29(3,4)5)34-25(24)32-17-23-8-7-13-40-23/h7-8,13,18,20-22,31,39H,9-12,14-17,19H2,1-6H3,(H,32,33,34). The SMILES string of the molecule is CC(C)CN(C(=O)c1cnc(C(C)(C)C)nc1NCc1ccco1)C1CNCC(C(=O)N2CCC(C)(O)CC2)C1. The van der Waals surface area contributed by atoms with Crippen molar-refractivity contribution in [1.82, 2.24) is 25.1 Å². The fourth-order valence-electron chi connectivity index (χ4n) is 5.38. The molecule has 0 aromatic carbocycles. The van der Waals surface area contributed by atoms with E-state index in [1.807, 2.05) is 49.6 Å². The quantitative estimate of drug-likeness (QED) is 0.454. The molecule has 2 amide bonds. The third-order valence-electron chi connectivity index (χ3n) is 7.79. The van der Waals surface area contributed by atoms with Gasteiger partial charge < -0.3 is 30.0 Å².